The number of aryl methyl sites for hydroxylation is 3. The van der Waals surface area contributed by atoms with Crippen molar-refractivity contribution < 1.29 is 4.74 Å². The lowest BCUT2D eigenvalue weighted by Crippen LogP contribution is -2.09. The van der Waals surface area contributed by atoms with Crippen LogP contribution in [0.25, 0.3) is 22.3 Å². The minimum atomic E-state index is 0.781. The van der Waals surface area contributed by atoms with Crippen molar-refractivity contribution in [3.63, 3.8) is 0 Å². The molecule has 0 aliphatic carbocycles. The van der Waals surface area contributed by atoms with Gasteiger partial charge in [-0.3, -0.25) is 0 Å². The van der Waals surface area contributed by atoms with Crippen molar-refractivity contribution in [2.45, 2.75) is 53.4 Å². The molecule has 2 nitrogen and oxygen atoms in total. The van der Waals surface area contributed by atoms with Crippen LogP contribution in [0.3, 0.4) is 0 Å². The predicted molar refractivity (Wildman–Crippen MR) is 156 cm³/mol. The highest BCUT2D eigenvalue weighted by molar-refractivity contribution is 5.77. The molecule has 36 heavy (non-hydrogen) atoms. The summed E-state index contributed by atoms with van der Waals surface area (Å²) in [4.78, 5) is 2.21. The van der Waals surface area contributed by atoms with E-state index in [0.717, 1.165) is 30.2 Å². The fourth-order valence-corrected chi connectivity index (χ4v) is 4.69. The van der Waals surface area contributed by atoms with E-state index < -0.39 is 0 Å². The summed E-state index contributed by atoms with van der Waals surface area (Å²) in [6.45, 7) is 9.56. The number of hydrogen-bond acceptors (Lipinski definition) is 2. The standard InChI is InChI=1S/C34H39NO/c1-6-7-8-9-21-36-32-12-10-11-31(24-32)35(5)30-19-17-29(18-20-30)34-23-26(3)33(22-27(34)4)28-15-13-25(2)14-16-28/h10-20,22-24H,6-9,21H2,1-5H3. The summed E-state index contributed by atoms with van der Waals surface area (Å²) < 4.78 is 6.00. The van der Waals surface area contributed by atoms with Gasteiger partial charge >= 0.3 is 0 Å². The van der Waals surface area contributed by atoms with Crippen molar-refractivity contribution in [1.82, 2.24) is 0 Å². The first-order valence-corrected chi connectivity index (χ1v) is 13.2. The third-order valence-electron chi connectivity index (χ3n) is 6.97. The van der Waals surface area contributed by atoms with Gasteiger partial charge in [0.05, 0.1) is 6.61 Å². The zero-order chi connectivity index (χ0) is 25.5. The highest BCUT2D eigenvalue weighted by Crippen LogP contribution is 2.34. The number of anilines is 2. The van der Waals surface area contributed by atoms with Crippen LogP contribution in [-0.2, 0) is 0 Å². The van der Waals surface area contributed by atoms with E-state index in [9.17, 15) is 0 Å². The molecule has 0 spiro atoms. The van der Waals surface area contributed by atoms with Gasteiger partial charge in [-0.05, 0) is 84.8 Å². The van der Waals surface area contributed by atoms with Gasteiger partial charge in [0.1, 0.15) is 5.75 Å². The molecule has 0 aliphatic rings. The zero-order valence-electron chi connectivity index (χ0n) is 22.5. The molecule has 0 fully saturated rings. The van der Waals surface area contributed by atoms with Gasteiger partial charge in [0.2, 0.25) is 0 Å². The van der Waals surface area contributed by atoms with Gasteiger partial charge in [0, 0.05) is 24.5 Å². The lowest BCUT2D eigenvalue weighted by Gasteiger charge is -2.21. The van der Waals surface area contributed by atoms with Crippen LogP contribution in [0.2, 0.25) is 0 Å². The summed E-state index contributed by atoms with van der Waals surface area (Å²) in [5, 5.41) is 0. The molecule has 0 atom stereocenters. The van der Waals surface area contributed by atoms with Gasteiger partial charge < -0.3 is 9.64 Å². The summed E-state index contributed by atoms with van der Waals surface area (Å²) in [7, 11) is 2.11. The Balaban J connectivity index is 1.49. The van der Waals surface area contributed by atoms with E-state index in [2.05, 4.69) is 119 Å². The highest BCUT2D eigenvalue weighted by Gasteiger charge is 2.10. The molecule has 4 rings (SSSR count). The second kappa shape index (κ2) is 11.9. The maximum Gasteiger partial charge on any atom is 0.121 e. The molecular formula is C34H39NO. The molecule has 186 valence electrons. The molecule has 2 heteroatoms. The molecule has 0 saturated heterocycles. The lowest BCUT2D eigenvalue weighted by molar-refractivity contribution is 0.305. The van der Waals surface area contributed by atoms with E-state index in [1.165, 1.54) is 58.2 Å². The van der Waals surface area contributed by atoms with E-state index >= 15 is 0 Å². The lowest BCUT2D eigenvalue weighted by atomic mass is 9.91. The van der Waals surface area contributed by atoms with Crippen molar-refractivity contribution in [3.05, 3.63) is 102 Å². The van der Waals surface area contributed by atoms with Crippen LogP contribution in [0.4, 0.5) is 11.4 Å². The molecule has 0 aliphatic heterocycles. The van der Waals surface area contributed by atoms with Crippen LogP contribution >= 0.6 is 0 Å². The third kappa shape index (κ3) is 6.18. The van der Waals surface area contributed by atoms with Gasteiger partial charge in [-0.1, -0.05) is 86.3 Å². The molecule has 4 aromatic carbocycles. The SMILES string of the molecule is CCCCCCOc1cccc(N(C)c2ccc(-c3cc(C)c(-c4ccc(C)cc4)cc3C)cc2)c1. The van der Waals surface area contributed by atoms with E-state index in [4.69, 9.17) is 4.74 Å². The van der Waals surface area contributed by atoms with Crippen molar-refractivity contribution in [1.29, 1.82) is 0 Å². The maximum atomic E-state index is 6.00. The van der Waals surface area contributed by atoms with Gasteiger partial charge in [-0.15, -0.1) is 0 Å². The largest absolute Gasteiger partial charge is 0.494 e. The number of nitrogens with zero attached hydrogens (tertiary/aromatic N) is 1. The first-order chi connectivity index (χ1) is 17.5. The Hall–Kier alpha value is -3.52. The summed E-state index contributed by atoms with van der Waals surface area (Å²) in [5.74, 6) is 0.937. The number of ether oxygens (including phenoxy) is 1. The van der Waals surface area contributed by atoms with E-state index in [0.29, 0.717) is 0 Å². The summed E-state index contributed by atoms with van der Waals surface area (Å²) >= 11 is 0. The smallest absolute Gasteiger partial charge is 0.121 e. The number of unbranched alkanes of at least 4 members (excludes halogenated alkanes) is 3. The molecule has 0 heterocycles. The molecule has 0 saturated carbocycles. The number of benzene rings is 4. The fraction of sp³-hybridized carbons (Fsp3) is 0.294. The predicted octanol–water partition coefficient (Wildman–Crippen LogP) is 9.67. The van der Waals surface area contributed by atoms with Crippen molar-refractivity contribution in [2.75, 3.05) is 18.6 Å². The van der Waals surface area contributed by atoms with Crippen LogP contribution in [-0.4, -0.2) is 13.7 Å². The maximum absolute atomic E-state index is 6.00. The third-order valence-corrected chi connectivity index (χ3v) is 6.97. The average Bonchev–Trinajstić information content (AvgIpc) is 2.90. The van der Waals surface area contributed by atoms with Crippen molar-refractivity contribution in [2.24, 2.45) is 0 Å². The van der Waals surface area contributed by atoms with Crippen LogP contribution in [0.15, 0.2) is 84.9 Å². The minimum Gasteiger partial charge on any atom is -0.494 e. The Labute approximate surface area is 217 Å². The highest BCUT2D eigenvalue weighted by atomic mass is 16.5. The van der Waals surface area contributed by atoms with Crippen LogP contribution in [0.5, 0.6) is 5.75 Å². The van der Waals surface area contributed by atoms with Gasteiger partial charge in [0.25, 0.3) is 0 Å². The first-order valence-electron chi connectivity index (χ1n) is 13.2. The summed E-state index contributed by atoms with van der Waals surface area (Å²) in [6.07, 6.45) is 4.87. The molecule has 0 bridgehead atoms. The first kappa shape index (κ1) is 25.6. The number of hydrogen-bond donors (Lipinski definition) is 0. The second-order valence-corrected chi connectivity index (χ2v) is 9.86. The Morgan fingerprint density at radius 3 is 1.86 bits per heavy atom. The van der Waals surface area contributed by atoms with Crippen LogP contribution in [0.1, 0.15) is 49.3 Å². The normalized spacial score (nSPS) is 10.9. The summed E-state index contributed by atoms with van der Waals surface area (Å²) in [5.41, 5.74) is 11.3. The Kier molecular flexibility index (Phi) is 8.48. The van der Waals surface area contributed by atoms with E-state index in [-0.39, 0.29) is 0 Å². The molecule has 0 N–H and O–H groups in total. The van der Waals surface area contributed by atoms with E-state index in [1.807, 2.05) is 6.07 Å². The quantitative estimate of drug-likeness (QED) is 0.211. The minimum absolute atomic E-state index is 0.781. The molecule has 0 unspecified atom stereocenters. The molecule has 0 amide bonds. The summed E-state index contributed by atoms with van der Waals surface area (Å²) in [6, 6.07) is 30.7. The fourth-order valence-electron chi connectivity index (χ4n) is 4.69. The monoisotopic (exact) mass is 477 g/mol. The average molecular weight is 478 g/mol. The Morgan fingerprint density at radius 1 is 0.639 bits per heavy atom. The number of rotatable bonds is 10. The Morgan fingerprint density at radius 2 is 1.25 bits per heavy atom. The van der Waals surface area contributed by atoms with Crippen LogP contribution in [0, 0.1) is 20.8 Å². The van der Waals surface area contributed by atoms with Gasteiger partial charge in [-0.25, -0.2) is 0 Å². The molecule has 4 aromatic rings. The topological polar surface area (TPSA) is 12.5 Å². The zero-order valence-corrected chi connectivity index (χ0v) is 22.5. The van der Waals surface area contributed by atoms with Gasteiger partial charge in [0.15, 0.2) is 0 Å². The molecule has 0 radical (unpaired) electrons. The molecular weight excluding hydrogens is 438 g/mol. The van der Waals surface area contributed by atoms with E-state index in [1.54, 1.807) is 0 Å². The van der Waals surface area contributed by atoms with Crippen molar-refractivity contribution in [3.8, 4) is 28.0 Å². The Bertz CT molecular complexity index is 1270. The second-order valence-electron chi connectivity index (χ2n) is 9.86. The van der Waals surface area contributed by atoms with Crippen molar-refractivity contribution >= 4 is 11.4 Å². The molecule has 0 aromatic heterocycles. The van der Waals surface area contributed by atoms with Gasteiger partial charge in [-0.2, -0.15) is 0 Å². The van der Waals surface area contributed by atoms with Crippen LogP contribution < -0.4 is 9.64 Å².